The van der Waals surface area contributed by atoms with Gasteiger partial charge in [-0.25, -0.2) is 15.0 Å². The van der Waals surface area contributed by atoms with Crippen molar-refractivity contribution in [1.29, 1.82) is 0 Å². The van der Waals surface area contributed by atoms with Crippen LogP contribution in [0.5, 0.6) is 5.75 Å². The molecule has 0 aliphatic heterocycles. The van der Waals surface area contributed by atoms with Crippen molar-refractivity contribution in [2.45, 2.75) is 0 Å². The highest BCUT2D eigenvalue weighted by Gasteiger charge is 2.17. The van der Waals surface area contributed by atoms with Gasteiger partial charge in [0.15, 0.2) is 0 Å². The minimum atomic E-state index is 0.668. The van der Waals surface area contributed by atoms with E-state index in [2.05, 4.69) is 20.1 Å². The molecular weight excluding hydrogens is 302 g/mol. The van der Waals surface area contributed by atoms with E-state index in [4.69, 9.17) is 4.74 Å². The minimum absolute atomic E-state index is 0.668. The van der Waals surface area contributed by atoms with Gasteiger partial charge in [-0.05, 0) is 0 Å². The second kappa shape index (κ2) is 5.73. The number of benzene rings is 1. The van der Waals surface area contributed by atoms with Crippen molar-refractivity contribution >= 4 is 11.0 Å². The van der Waals surface area contributed by atoms with E-state index in [0.717, 1.165) is 33.5 Å². The second-order valence-electron chi connectivity index (χ2n) is 5.40. The Labute approximate surface area is 138 Å². The molecule has 0 spiro atoms. The molecule has 0 aliphatic rings. The number of hydrogen-bond acceptors (Lipinski definition) is 5. The molecule has 0 fully saturated rings. The zero-order valence-corrected chi connectivity index (χ0v) is 13.3. The van der Waals surface area contributed by atoms with Gasteiger partial charge in [-0.1, -0.05) is 30.3 Å². The van der Waals surface area contributed by atoms with E-state index in [-0.39, 0.29) is 0 Å². The van der Waals surface area contributed by atoms with Crippen molar-refractivity contribution in [3.8, 4) is 28.3 Å². The number of pyridine rings is 1. The number of aromatic nitrogens is 5. The zero-order chi connectivity index (χ0) is 16.5. The number of nitrogens with zero attached hydrogens (tertiary/aromatic N) is 5. The number of methoxy groups -OCH3 is 1. The van der Waals surface area contributed by atoms with Crippen LogP contribution in [0.2, 0.25) is 0 Å². The first-order valence-electron chi connectivity index (χ1n) is 7.50. The highest BCUT2D eigenvalue weighted by molar-refractivity contribution is 5.93. The van der Waals surface area contributed by atoms with Gasteiger partial charge in [0.1, 0.15) is 29.0 Å². The van der Waals surface area contributed by atoms with Crippen LogP contribution in [-0.4, -0.2) is 31.8 Å². The maximum atomic E-state index is 5.23. The van der Waals surface area contributed by atoms with Crippen molar-refractivity contribution in [3.05, 3.63) is 55.1 Å². The Morgan fingerprint density at radius 2 is 1.83 bits per heavy atom. The molecule has 4 rings (SSSR count). The van der Waals surface area contributed by atoms with E-state index in [1.165, 1.54) is 0 Å². The van der Waals surface area contributed by atoms with Crippen molar-refractivity contribution in [2.75, 3.05) is 7.11 Å². The Balaban J connectivity index is 1.96. The Morgan fingerprint density at radius 3 is 2.62 bits per heavy atom. The predicted octanol–water partition coefficient (Wildman–Crippen LogP) is 3.10. The number of ether oxygens (including phenoxy) is 1. The zero-order valence-electron chi connectivity index (χ0n) is 13.3. The van der Waals surface area contributed by atoms with Crippen LogP contribution < -0.4 is 4.74 Å². The lowest BCUT2D eigenvalue weighted by Crippen LogP contribution is -1.93. The van der Waals surface area contributed by atoms with Gasteiger partial charge in [0.25, 0.3) is 0 Å². The highest BCUT2D eigenvalue weighted by atomic mass is 16.5. The van der Waals surface area contributed by atoms with Crippen molar-refractivity contribution in [2.24, 2.45) is 7.05 Å². The maximum absolute atomic E-state index is 5.23. The lowest BCUT2D eigenvalue weighted by atomic mass is 10.0. The fourth-order valence-electron chi connectivity index (χ4n) is 2.71. The Kier molecular flexibility index (Phi) is 3.42. The van der Waals surface area contributed by atoms with Crippen LogP contribution in [0.25, 0.3) is 33.5 Å². The number of rotatable bonds is 3. The number of hydrogen-bond donors (Lipinski definition) is 0. The summed E-state index contributed by atoms with van der Waals surface area (Å²) in [6, 6.07) is 11.9. The first-order valence-corrected chi connectivity index (χ1v) is 7.50. The first kappa shape index (κ1) is 14.3. The van der Waals surface area contributed by atoms with E-state index in [9.17, 15) is 0 Å². The lowest BCUT2D eigenvalue weighted by molar-refractivity contribution is 0.413. The maximum Gasteiger partial charge on any atom is 0.139 e. The summed E-state index contributed by atoms with van der Waals surface area (Å²) < 4.78 is 7.01. The summed E-state index contributed by atoms with van der Waals surface area (Å²) in [5.41, 5.74) is 5.05. The molecule has 3 heterocycles. The summed E-state index contributed by atoms with van der Waals surface area (Å²) in [5, 5.41) is 4.60. The molecule has 0 aliphatic carbocycles. The molecular formula is C18H15N5O. The third-order valence-corrected chi connectivity index (χ3v) is 3.82. The van der Waals surface area contributed by atoms with Crippen molar-refractivity contribution < 1.29 is 4.74 Å². The third-order valence-electron chi connectivity index (χ3n) is 3.82. The quantitative estimate of drug-likeness (QED) is 0.581. The summed E-state index contributed by atoms with van der Waals surface area (Å²) >= 11 is 0. The van der Waals surface area contributed by atoms with E-state index in [0.29, 0.717) is 5.75 Å². The van der Waals surface area contributed by atoms with Crippen LogP contribution in [0.4, 0.5) is 0 Å². The van der Waals surface area contributed by atoms with Crippen molar-refractivity contribution in [3.63, 3.8) is 0 Å². The second-order valence-corrected chi connectivity index (χ2v) is 5.40. The Bertz CT molecular complexity index is 1010. The molecule has 0 bridgehead atoms. The Morgan fingerprint density at radius 1 is 1.00 bits per heavy atom. The summed E-state index contributed by atoms with van der Waals surface area (Å²) in [4.78, 5) is 13.3. The number of aryl methyl sites for hydroxylation is 1. The normalized spacial score (nSPS) is 10.9. The third kappa shape index (κ3) is 2.38. The van der Waals surface area contributed by atoms with E-state index in [1.54, 1.807) is 24.3 Å². The lowest BCUT2D eigenvalue weighted by Gasteiger charge is -2.06. The van der Waals surface area contributed by atoms with Gasteiger partial charge in [0.2, 0.25) is 0 Å². The molecule has 0 saturated carbocycles. The summed E-state index contributed by atoms with van der Waals surface area (Å²) in [5.74, 6) is 0.668. The molecule has 4 aromatic rings. The largest absolute Gasteiger partial charge is 0.495 e. The Hall–Kier alpha value is -3.28. The standard InChI is InChI=1S/C18H15N5O/c1-23-10-14(16(22-23)12-6-4-3-5-7-12)17-18-15(20-11-21-17)8-13(24-2)9-19-18/h3-11H,1-2H3. The fourth-order valence-corrected chi connectivity index (χ4v) is 2.71. The molecule has 3 aromatic heterocycles. The minimum Gasteiger partial charge on any atom is -0.495 e. The van der Waals surface area contributed by atoms with Gasteiger partial charge in [-0.15, -0.1) is 0 Å². The molecule has 0 N–H and O–H groups in total. The molecule has 118 valence electrons. The van der Waals surface area contributed by atoms with Crippen molar-refractivity contribution in [1.82, 2.24) is 24.7 Å². The van der Waals surface area contributed by atoms with Gasteiger partial charge in [-0.2, -0.15) is 5.10 Å². The van der Waals surface area contributed by atoms with E-state index in [1.807, 2.05) is 49.6 Å². The van der Waals surface area contributed by atoms with Crippen LogP contribution in [-0.2, 0) is 7.05 Å². The van der Waals surface area contributed by atoms with Gasteiger partial charge in [0, 0.05) is 30.4 Å². The van der Waals surface area contributed by atoms with E-state index >= 15 is 0 Å². The van der Waals surface area contributed by atoms with Crippen LogP contribution >= 0.6 is 0 Å². The summed E-state index contributed by atoms with van der Waals surface area (Å²) in [6.07, 6.45) is 5.17. The van der Waals surface area contributed by atoms with Crippen LogP contribution in [0.1, 0.15) is 0 Å². The molecule has 0 saturated heterocycles. The average Bonchev–Trinajstić information content (AvgIpc) is 3.03. The van der Waals surface area contributed by atoms with Gasteiger partial charge in [0.05, 0.1) is 18.8 Å². The molecule has 0 radical (unpaired) electrons. The molecule has 0 unspecified atom stereocenters. The van der Waals surface area contributed by atoms with Gasteiger partial charge >= 0.3 is 0 Å². The summed E-state index contributed by atoms with van der Waals surface area (Å²) in [6.45, 7) is 0. The smallest absolute Gasteiger partial charge is 0.139 e. The van der Waals surface area contributed by atoms with E-state index < -0.39 is 0 Å². The molecule has 6 heteroatoms. The highest BCUT2D eigenvalue weighted by Crippen LogP contribution is 2.33. The van der Waals surface area contributed by atoms with Crippen LogP contribution in [0, 0.1) is 0 Å². The fraction of sp³-hybridized carbons (Fsp3) is 0.111. The van der Waals surface area contributed by atoms with Gasteiger partial charge < -0.3 is 4.74 Å². The molecule has 0 atom stereocenters. The van der Waals surface area contributed by atoms with Crippen LogP contribution in [0.3, 0.4) is 0 Å². The predicted molar refractivity (Wildman–Crippen MR) is 91.5 cm³/mol. The molecule has 1 aromatic carbocycles. The van der Waals surface area contributed by atoms with Crippen LogP contribution in [0.15, 0.2) is 55.1 Å². The monoisotopic (exact) mass is 317 g/mol. The molecule has 6 nitrogen and oxygen atoms in total. The SMILES string of the molecule is COc1cnc2c(-c3cn(C)nc3-c3ccccc3)ncnc2c1. The number of fused-ring (bicyclic) bond motifs is 1. The molecule has 24 heavy (non-hydrogen) atoms. The molecule has 0 amide bonds. The average molecular weight is 317 g/mol. The van der Waals surface area contributed by atoms with Gasteiger partial charge in [-0.3, -0.25) is 4.68 Å². The summed E-state index contributed by atoms with van der Waals surface area (Å²) in [7, 11) is 3.51. The first-order chi connectivity index (χ1) is 11.8. The topological polar surface area (TPSA) is 65.7 Å².